The molecule has 0 atom stereocenters. The molecule has 1 heterocycles. The summed E-state index contributed by atoms with van der Waals surface area (Å²) in [5.74, 6) is 0.948. The van der Waals surface area contributed by atoms with Gasteiger partial charge in [0.15, 0.2) is 0 Å². The third kappa shape index (κ3) is 5.35. The first-order chi connectivity index (χ1) is 8.25. The highest BCUT2D eigenvalue weighted by Gasteiger charge is 2.06. The Labute approximate surface area is 111 Å². The van der Waals surface area contributed by atoms with Crippen molar-refractivity contribution < 1.29 is 4.74 Å². The predicted molar refractivity (Wildman–Crippen MR) is 73.0 cm³/mol. The van der Waals surface area contributed by atoms with Crippen LogP contribution < -0.4 is 10.5 Å². The van der Waals surface area contributed by atoms with Crippen LogP contribution in [0.5, 0.6) is 5.88 Å². The van der Waals surface area contributed by atoms with E-state index in [2.05, 4.69) is 32.8 Å². The molecule has 1 rings (SSSR count). The molecule has 0 spiro atoms. The van der Waals surface area contributed by atoms with E-state index >= 15 is 0 Å². The summed E-state index contributed by atoms with van der Waals surface area (Å²) >= 11 is 3.31. The van der Waals surface area contributed by atoms with Gasteiger partial charge in [0, 0.05) is 0 Å². The minimum Gasteiger partial charge on any atom is -0.477 e. The molecular formula is C12H20BrN3O. The maximum absolute atomic E-state index is 5.63. The van der Waals surface area contributed by atoms with E-state index in [1.807, 2.05) is 0 Å². The minimum atomic E-state index is 0.415. The van der Waals surface area contributed by atoms with Gasteiger partial charge in [-0.15, -0.1) is 0 Å². The Kier molecular flexibility index (Phi) is 6.93. The second-order valence-corrected chi connectivity index (χ2v) is 4.79. The molecule has 1 aromatic rings. The highest BCUT2D eigenvalue weighted by atomic mass is 79.9. The van der Waals surface area contributed by atoms with Gasteiger partial charge in [-0.3, -0.25) is 0 Å². The second kappa shape index (κ2) is 8.28. The maximum atomic E-state index is 5.63. The summed E-state index contributed by atoms with van der Waals surface area (Å²) in [6.07, 6.45) is 8.89. The Balaban J connectivity index is 2.16. The Morgan fingerprint density at radius 2 is 1.88 bits per heavy atom. The van der Waals surface area contributed by atoms with E-state index in [0.29, 0.717) is 22.8 Å². The van der Waals surface area contributed by atoms with Crippen LogP contribution in [0.2, 0.25) is 0 Å². The van der Waals surface area contributed by atoms with Gasteiger partial charge >= 0.3 is 0 Å². The van der Waals surface area contributed by atoms with E-state index in [-0.39, 0.29) is 0 Å². The van der Waals surface area contributed by atoms with Crippen molar-refractivity contribution in [2.24, 2.45) is 0 Å². The van der Waals surface area contributed by atoms with Gasteiger partial charge in [-0.1, -0.05) is 39.0 Å². The van der Waals surface area contributed by atoms with Crippen LogP contribution in [0.1, 0.15) is 45.4 Å². The van der Waals surface area contributed by atoms with Gasteiger partial charge in [-0.25, -0.2) is 9.97 Å². The van der Waals surface area contributed by atoms with Crippen molar-refractivity contribution in [3.63, 3.8) is 0 Å². The number of halogens is 1. The summed E-state index contributed by atoms with van der Waals surface area (Å²) in [6, 6.07) is 0. The lowest BCUT2D eigenvalue weighted by molar-refractivity contribution is 0.291. The highest BCUT2D eigenvalue weighted by molar-refractivity contribution is 9.10. The minimum absolute atomic E-state index is 0.415. The van der Waals surface area contributed by atoms with Crippen molar-refractivity contribution in [2.75, 3.05) is 12.3 Å². The van der Waals surface area contributed by atoms with E-state index in [0.717, 1.165) is 6.42 Å². The summed E-state index contributed by atoms with van der Waals surface area (Å²) in [6.45, 7) is 2.90. The number of aromatic nitrogens is 2. The van der Waals surface area contributed by atoms with Crippen LogP contribution in [0.15, 0.2) is 10.8 Å². The van der Waals surface area contributed by atoms with Gasteiger partial charge in [0.05, 0.1) is 6.61 Å². The molecule has 1 aromatic heterocycles. The van der Waals surface area contributed by atoms with Crippen molar-refractivity contribution in [3.8, 4) is 5.88 Å². The average Bonchev–Trinajstić information content (AvgIpc) is 2.33. The molecule has 0 unspecified atom stereocenters. The third-order valence-corrected chi connectivity index (χ3v) is 3.27. The summed E-state index contributed by atoms with van der Waals surface area (Å²) < 4.78 is 6.19. The third-order valence-electron chi connectivity index (χ3n) is 2.52. The zero-order valence-electron chi connectivity index (χ0n) is 10.3. The first kappa shape index (κ1) is 14.2. The lowest BCUT2D eigenvalue weighted by Gasteiger charge is -2.07. The quantitative estimate of drug-likeness (QED) is 0.746. The number of hydrogen-bond acceptors (Lipinski definition) is 4. The van der Waals surface area contributed by atoms with Gasteiger partial charge in [0.25, 0.3) is 0 Å². The van der Waals surface area contributed by atoms with E-state index in [4.69, 9.17) is 10.5 Å². The number of nitrogens with two attached hydrogens (primary N) is 1. The van der Waals surface area contributed by atoms with Gasteiger partial charge in [0.2, 0.25) is 5.88 Å². The number of rotatable bonds is 8. The molecule has 0 saturated carbocycles. The van der Waals surface area contributed by atoms with E-state index in [1.54, 1.807) is 0 Å². The van der Waals surface area contributed by atoms with Gasteiger partial charge < -0.3 is 10.5 Å². The van der Waals surface area contributed by atoms with Crippen LogP contribution >= 0.6 is 15.9 Å². The molecular weight excluding hydrogens is 282 g/mol. The molecule has 0 aliphatic rings. The molecule has 5 heteroatoms. The van der Waals surface area contributed by atoms with Crippen LogP contribution in [0.25, 0.3) is 0 Å². The van der Waals surface area contributed by atoms with Crippen LogP contribution in [-0.2, 0) is 0 Å². The van der Waals surface area contributed by atoms with Gasteiger partial charge in [-0.2, -0.15) is 0 Å². The standard InChI is InChI=1S/C12H20BrN3O/c1-2-3-4-5-6-7-8-17-12-10(13)11(14)15-9-16-12/h9H,2-8H2,1H3,(H2,14,15,16). The number of nitrogen functional groups attached to an aromatic ring is 1. The zero-order valence-corrected chi connectivity index (χ0v) is 11.9. The normalized spacial score (nSPS) is 10.5. The Morgan fingerprint density at radius 3 is 2.65 bits per heavy atom. The second-order valence-electron chi connectivity index (χ2n) is 3.99. The molecule has 0 aliphatic carbocycles. The van der Waals surface area contributed by atoms with Crippen LogP contribution in [0.4, 0.5) is 5.82 Å². The lowest BCUT2D eigenvalue weighted by atomic mass is 10.1. The molecule has 4 nitrogen and oxygen atoms in total. The van der Waals surface area contributed by atoms with Crippen molar-refractivity contribution in [1.82, 2.24) is 9.97 Å². The fourth-order valence-corrected chi connectivity index (χ4v) is 1.84. The molecule has 0 aromatic carbocycles. The lowest BCUT2D eigenvalue weighted by Crippen LogP contribution is -2.02. The molecule has 0 bridgehead atoms. The molecule has 0 saturated heterocycles. The van der Waals surface area contributed by atoms with Gasteiger partial charge in [0.1, 0.15) is 16.6 Å². The SMILES string of the molecule is CCCCCCCCOc1ncnc(N)c1Br. The van der Waals surface area contributed by atoms with Crippen LogP contribution in [0, 0.1) is 0 Å². The Bertz CT molecular complexity index is 334. The van der Waals surface area contributed by atoms with Crippen LogP contribution in [0.3, 0.4) is 0 Å². The average molecular weight is 302 g/mol. The summed E-state index contributed by atoms with van der Waals surface area (Å²) in [5, 5.41) is 0. The Morgan fingerprint density at radius 1 is 1.18 bits per heavy atom. The van der Waals surface area contributed by atoms with E-state index in [1.165, 1.54) is 38.4 Å². The predicted octanol–water partition coefficient (Wildman–Crippen LogP) is 3.56. The molecule has 0 amide bonds. The summed E-state index contributed by atoms with van der Waals surface area (Å²) in [4.78, 5) is 7.88. The van der Waals surface area contributed by atoms with E-state index in [9.17, 15) is 0 Å². The highest BCUT2D eigenvalue weighted by Crippen LogP contribution is 2.26. The molecule has 0 fully saturated rings. The topological polar surface area (TPSA) is 61.0 Å². The number of anilines is 1. The molecule has 17 heavy (non-hydrogen) atoms. The fourth-order valence-electron chi connectivity index (χ4n) is 1.52. The largest absolute Gasteiger partial charge is 0.477 e. The van der Waals surface area contributed by atoms with Gasteiger partial charge in [-0.05, 0) is 22.4 Å². The zero-order chi connectivity index (χ0) is 12.5. The Hall–Kier alpha value is -0.840. The molecule has 96 valence electrons. The number of hydrogen-bond donors (Lipinski definition) is 1. The number of unbranched alkanes of at least 4 members (excludes halogenated alkanes) is 5. The van der Waals surface area contributed by atoms with Crippen molar-refractivity contribution in [1.29, 1.82) is 0 Å². The van der Waals surface area contributed by atoms with Crippen LogP contribution in [-0.4, -0.2) is 16.6 Å². The summed E-state index contributed by atoms with van der Waals surface area (Å²) in [7, 11) is 0. The molecule has 0 aliphatic heterocycles. The maximum Gasteiger partial charge on any atom is 0.233 e. The molecule has 0 radical (unpaired) electrons. The summed E-state index contributed by atoms with van der Waals surface area (Å²) in [5.41, 5.74) is 5.63. The van der Waals surface area contributed by atoms with Crippen molar-refractivity contribution >= 4 is 21.7 Å². The first-order valence-corrected chi connectivity index (χ1v) is 6.93. The molecule has 2 N–H and O–H groups in total. The van der Waals surface area contributed by atoms with Crippen molar-refractivity contribution in [2.45, 2.75) is 45.4 Å². The number of ether oxygens (including phenoxy) is 1. The monoisotopic (exact) mass is 301 g/mol. The van der Waals surface area contributed by atoms with Crippen molar-refractivity contribution in [3.05, 3.63) is 10.8 Å². The fraction of sp³-hybridized carbons (Fsp3) is 0.667. The van der Waals surface area contributed by atoms with E-state index < -0.39 is 0 Å². The number of nitrogens with zero attached hydrogens (tertiary/aromatic N) is 2. The first-order valence-electron chi connectivity index (χ1n) is 6.14. The smallest absolute Gasteiger partial charge is 0.233 e.